The van der Waals surface area contributed by atoms with Crippen LogP contribution in [0.4, 0.5) is 0 Å². The highest BCUT2D eigenvalue weighted by molar-refractivity contribution is 5.77. The lowest BCUT2D eigenvalue weighted by molar-refractivity contribution is 0.598. The smallest absolute Gasteiger partial charge is 0.210 e. The van der Waals surface area contributed by atoms with Gasteiger partial charge in [-0.15, -0.1) is 0 Å². The number of rotatable bonds is 14. The molecule has 0 heterocycles. The van der Waals surface area contributed by atoms with Crippen molar-refractivity contribution in [2.24, 2.45) is 10.7 Å². The molecule has 0 aromatic carbocycles. The summed E-state index contributed by atoms with van der Waals surface area (Å²) in [5, 5.41) is 4.32. The monoisotopic (exact) mass is 282 g/mol. The number of unbranched alkanes of at least 4 members (excludes halogenated alkanes) is 10. The second-order valence-corrected chi connectivity index (χ2v) is 5.66. The number of guanidine groups is 1. The summed E-state index contributed by atoms with van der Waals surface area (Å²) in [6, 6.07) is 0. The van der Waals surface area contributed by atoms with E-state index in [1.54, 1.807) is 0 Å². The SMILES string of the molecule is CCCCCCCC[N]C(N)=NCCCCCCCC. The third-order valence-electron chi connectivity index (χ3n) is 3.57. The van der Waals surface area contributed by atoms with Crippen molar-refractivity contribution >= 4 is 5.96 Å². The molecule has 0 spiro atoms. The second-order valence-electron chi connectivity index (χ2n) is 5.66. The standard InChI is InChI=1S/C17H36N3/c1-3-5-7-9-11-13-15-19-17(18)20-16-14-12-10-8-6-4-2/h3-16H2,1-2H3,(H2,18,19). The molecule has 2 N–H and O–H groups in total. The minimum atomic E-state index is 0.507. The van der Waals surface area contributed by atoms with Crippen molar-refractivity contribution in [1.29, 1.82) is 0 Å². The van der Waals surface area contributed by atoms with Crippen molar-refractivity contribution < 1.29 is 0 Å². The van der Waals surface area contributed by atoms with Crippen molar-refractivity contribution in [2.45, 2.75) is 90.9 Å². The van der Waals surface area contributed by atoms with Crippen LogP contribution in [-0.4, -0.2) is 19.0 Å². The molecular formula is C17H36N3. The van der Waals surface area contributed by atoms with Crippen LogP contribution in [0.3, 0.4) is 0 Å². The van der Waals surface area contributed by atoms with Gasteiger partial charge in [-0.25, -0.2) is 0 Å². The van der Waals surface area contributed by atoms with E-state index < -0.39 is 0 Å². The molecule has 0 aromatic rings. The van der Waals surface area contributed by atoms with Crippen LogP contribution in [0.15, 0.2) is 4.99 Å². The maximum Gasteiger partial charge on any atom is 0.210 e. The van der Waals surface area contributed by atoms with Crippen LogP contribution in [0.2, 0.25) is 0 Å². The topological polar surface area (TPSA) is 52.5 Å². The number of aliphatic imine (C=N–C) groups is 1. The van der Waals surface area contributed by atoms with Crippen LogP contribution in [0.1, 0.15) is 90.9 Å². The Balaban J connectivity index is 3.25. The third-order valence-corrected chi connectivity index (χ3v) is 3.57. The fraction of sp³-hybridized carbons (Fsp3) is 0.941. The van der Waals surface area contributed by atoms with E-state index in [4.69, 9.17) is 5.73 Å². The predicted octanol–water partition coefficient (Wildman–Crippen LogP) is 4.63. The first-order valence-electron chi connectivity index (χ1n) is 8.78. The van der Waals surface area contributed by atoms with E-state index >= 15 is 0 Å². The molecule has 0 amide bonds. The number of hydrogen-bond acceptors (Lipinski definition) is 1. The van der Waals surface area contributed by atoms with Crippen LogP contribution in [0.25, 0.3) is 0 Å². The molecular weight excluding hydrogens is 246 g/mol. The van der Waals surface area contributed by atoms with E-state index in [1.807, 2.05) is 0 Å². The average molecular weight is 282 g/mol. The minimum Gasteiger partial charge on any atom is -0.368 e. The zero-order valence-corrected chi connectivity index (χ0v) is 13.9. The van der Waals surface area contributed by atoms with Gasteiger partial charge in [0, 0.05) is 13.1 Å². The molecule has 0 rings (SSSR count). The summed E-state index contributed by atoms with van der Waals surface area (Å²) in [5.74, 6) is 0.507. The van der Waals surface area contributed by atoms with Crippen molar-refractivity contribution in [3.63, 3.8) is 0 Å². The molecule has 0 fully saturated rings. The van der Waals surface area contributed by atoms with Gasteiger partial charge >= 0.3 is 0 Å². The molecule has 0 aliphatic heterocycles. The van der Waals surface area contributed by atoms with E-state index in [2.05, 4.69) is 24.2 Å². The Labute approximate surface area is 126 Å². The van der Waals surface area contributed by atoms with Gasteiger partial charge < -0.3 is 5.73 Å². The largest absolute Gasteiger partial charge is 0.368 e. The lowest BCUT2D eigenvalue weighted by Crippen LogP contribution is -2.26. The number of hydrogen-bond donors (Lipinski definition) is 1. The van der Waals surface area contributed by atoms with Gasteiger partial charge in [0.1, 0.15) is 0 Å². The van der Waals surface area contributed by atoms with Crippen LogP contribution >= 0.6 is 0 Å². The zero-order valence-electron chi connectivity index (χ0n) is 13.9. The van der Waals surface area contributed by atoms with Crippen LogP contribution < -0.4 is 11.1 Å². The van der Waals surface area contributed by atoms with Crippen molar-refractivity contribution in [2.75, 3.05) is 13.1 Å². The molecule has 0 saturated heterocycles. The summed E-state index contributed by atoms with van der Waals surface area (Å²) >= 11 is 0. The average Bonchev–Trinajstić information content (AvgIpc) is 2.45. The molecule has 0 unspecified atom stereocenters. The van der Waals surface area contributed by atoms with Crippen LogP contribution in [0, 0.1) is 0 Å². The molecule has 0 aliphatic carbocycles. The van der Waals surface area contributed by atoms with E-state index in [1.165, 1.54) is 64.2 Å². The first-order chi connectivity index (χ1) is 9.81. The van der Waals surface area contributed by atoms with Gasteiger partial charge in [0.15, 0.2) is 0 Å². The summed E-state index contributed by atoms with van der Waals surface area (Å²) < 4.78 is 0. The van der Waals surface area contributed by atoms with Gasteiger partial charge in [-0.2, -0.15) is 0 Å². The van der Waals surface area contributed by atoms with Crippen molar-refractivity contribution in [1.82, 2.24) is 5.32 Å². The summed E-state index contributed by atoms with van der Waals surface area (Å²) in [6.45, 7) is 6.18. The van der Waals surface area contributed by atoms with E-state index in [9.17, 15) is 0 Å². The lowest BCUT2D eigenvalue weighted by Gasteiger charge is -2.03. The van der Waals surface area contributed by atoms with E-state index in [0.29, 0.717) is 5.96 Å². The highest BCUT2D eigenvalue weighted by atomic mass is 15.1. The molecule has 0 aliphatic rings. The van der Waals surface area contributed by atoms with Crippen LogP contribution in [0.5, 0.6) is 0 Å². The normalized spacial score (nSPS) is 11.8. The van der Waals surface area contributed by atoms with Gasteiger partial charge in [0.05, 0.1) is 0 Å². The Bertz CT molecular complexity index is 214. The van der Waals surface area contributed by atoms with Gasteiger partial charge in [-0.1, -0.05) is 78.1 Å². The van der Waals surface area contributed by atoms with Crippen LogP contribution in [-0.2, 0) is 0 Å². The second kappa shape index (κ2) is 16.3. The number of nitrogens with zero attached hydrogens (tertiary/aromatic N) is 2. The molecule has 3 heteroatoms. The van der Waals surface area contributed by atoms with Gasteiger partial charge in [-0.05, 0) is 12.8 Å². The van der Waals surface area contributed by atoms with E-state index in [0.717, 1.165) is 25.9 Å². The summed E-state index contributed by atoms with van der Waals surface area (Å²) in [6.07, 6.45) is 15.6. The fourth-order valence-electron chi connectivity index (χ4n) is 2.22. The molecule has 1 radical (unpaired) electrons. The summed E-state index contributed by atoms with van der Waals surface area (Å²) in [5.41, 5.74) is 5.78. The Morgan fingerprint density at radius 1 is 0.650 bits per heavy atom. The first-order valence-corrected chi connectivity index (χ1v) is 8.78. The molecule has 0 atom stereocenters. The van der Waals surface area contributed by atoms with Crippen molar-refractivity contribution in [3.05, 3.63) is 0 Å². The van der Waals surface area contributed by atoms with Gasteiger partial charge in [0.2, 0.25) is 5.96 Å². The fourth-order valence-corrected chi connectivity index (χ4v) is 2.22. The maximum atomic E-state index is 5.78. The molecule has 119 valence electrons. The van der Waals surface area contributed by atoms with Crippen molar-refractivity contribution in [3.8, 4) is 0 Å². The quantitative estimate of drug-likeness (QED) is 0.282. The van der Waals surface area contributed by atoms with Gasteiger partial charge in [-0.3, -0.25) is 10.3 Å². The lowest BCUT2D eigenvalue weighted by atomic mass is 10.1. The Morgan fingerprint density at radius 3 is 1.65 bits per heavy atom. The molecule has 0 bridgehead atoms. The maximum absolute atomic E-state index is 5.78. The summed E-state index contributed by atoms with van der Waals surface area (Å²) in [7, 11) is 0. The highest BCUT2D eigenvalue weighted by Crippen LogP contribution is 2.05. The van der Waals surface area contributed by atoms with E-state index in [-0.39, 0.29) is 0 Å². The Morgan fingerprint density at radius 2 is 1.10 bits per heavy atom. The van der Waals surface area contributed by atoms with Gasteiger partial charge in [0.25, 0.3) is 0 Å². The zero-order chi connectivity index (χ0) is 14.9. The number of nitrogens with two attached hydrogens (primary N) is 1. The Hall–Kier alpha value is -0.730. The predicted molar refractivity (Wildman–Crippen MR) is 90.2 cm³/mol. The third kappa shape index (κ3) is 15.3. The molecule has 0 saturated carbocycles. The Kier molecular flexibility index (Phi) is 15.7. The minimum absolute atomic E-state index is 0.507. The summed E-state index contributed by atoms with van der Waals surface area (Å²) in [4.78, 5) is 4.32. The molecule has 20 heavy (non-hydrogen) atoms. The molecule has 0 aromatic heterocycles. The highest BCUT2D eigenvalue weighted by Gasteiger charge is 1.95. The molecule has 3 nitrogen and oxygen atoms in total. The first kappa shape index (κ1) is 19.3.